The standard InChI is InChI=1S/C20H23F2N3O2/c1-12-6-4-5-7-15(12)25-17(18(21)22)13(8-23-25)19(26)24-11-20(2,3)14-9-27-10-16(14)24/h4-8,14,16,18H,9-11H2,1-3H3/t14-,16+/m1/s1. The predicted octanol–water partition coefficient (Wildman–Crippen LogP) is 3.62. The Balaban J connectivity index is 1.75. The van der Waals surface area contributed by atoms with Crippen LogP contribution in [0.1, 0.15) is 41.9 Å². The smallest absolute Gasteiger partial charge is 0.281 e. The molecule has 1 aromatic carbocycles. The molecule has 0 unspecified atom stereocenters. The first kappa shape index (κ1) is 18.1. The number of amides is 1. The van der Waals surface area contributed by atoms with E-state index in [0.29, 0.717) is 25.4 Å². The monoisotopic (exact) mass is 375 g/mol. The molecule has 144 valence electrons. The van der Waals surface area contributed by atoms with E-state index in [0.717, 1.165) is 5.56 Å². The summed E-state index contributed by atoms with van der Waals surface area (Å²) in [5, 5.41) is 4.14. The molecule has 1 amide bonds. The molecule has 4 rings (SSSR count). The summed E-state index contributed by atoms with van der Waals surface area (Å²) in [6.07, 6.45) is -1.54. The van der Waals surface area contributed by atoms with Gasteiger partial charge in [0.2, 0.25) is 0 Å². The molecular formula is C20H23F2N3O2. The van der Waals surface area contributed by atoms with Crippen LogP contribution < -0.4 is 0 Å². The number of hydrogen-bond acceptors (Lipinski definition) is 3. The van der Waals surface area contributed by atoms with Crippen LogP contribution in [0.25, 0.3) is 5.69 Å². The van der Waals surface area contributed by atoms with Gasteiger partial charge in [0.25, 0.3) is 12.3 Å². The molecule has 2 atom stereocenters. The third-order valence-electron chi connectivity index (χ3n) is 5.88. The molecule has 3 heterocycles. The molecule has 5 nitrogen and oxygen atoms in total. The molecule has 1 aromatic heterocycles. The van der Waals surface area contributed by atoms with E-state index in [1.165, 1.54) is 10.9 Å². The lowest BCUT2D eigenvalue weighted by molar-refractivity contribution is 0.0653. The van der Waals surface area contributed by atoms with Gasteiger partial charge in [-0.05, 0) is 24.0 Å². The predicted molar refractivity (Wildman–Crippen MR) is 96.2 cm³/mol. The van der Waals surface area contributed by atoms with Gasteiger partial charge in [0.05, 0.1) is 36.7 Å². The molecule has 0 spiro atoms. The number of carbonyl (C=O) groups excluding carboxylic acids is 1. The maximum absolute atomic E-state index is 13.9. The summed E-state index contributed by atoms with van der Waals surface area (Å²) in [4.78, 5) is 14.9. The molecule has 0 N–H and O–H groups in total. The van der Waals surface area contributed by atoms with Gasteiger partial charge in [0.15, 0.2) is 0 Å². The van der Waals surface area contributed by atoms with Crippen molar-refractivity contribution in [2.24, 2.45) is 11.3 Å². The first-order chi connectivity index (χ1) is 12.8. The molecule has 2 aromatic rings. The van der Waals surface area contributed by atoms with Crippen LogP contribution in [0.2, 0.25) is 0 Å². The van der Waals surface area contributed by atoms with E-state index >= 15 is 0 Å². The number of ether oxygens (including phenoxy) is 1. The molecule has 2 saturated heterocycles. The SMILES string of the molecule is Cc1ccccc1-n1ncc(C(=O)N2CC(C)(C)[C@@H]3COC[C@@H]32)c1C(F)F. The second kappa shape index (κ2) is 6.41. The van der Waals surface area contributed by atoms with Crippen molar-refractivity contribution in [2.45, 2.75) is 33.2 Å². The number of para-hydroxylation sites is 1. The van der Waals surface area contributed by atoms with Gasteiger partial charge in [-0.15, -0.1) is 0 Å². The van der Waals surface area contributed by atoms with Crippen LogP contribution in [0.5, 0.6) is 0 Å². The molecule has 0 aliphatic carbocycles. The van der Waals surface area contributed by atoms with E-state index in [2.05, 4.69) is 18.9 Å². The highest BCUT2D eigenvalue weighted by Crippen LogP contribution is 2.44. The number of benzene rings is 1. The minimum atomic E-state index is -2.81. The lowest BCUT2D eigenvalue weighted by atomic mass is 9.80. The van der Waals surface area contributed by atoms with Gasteiger partial charge in [0.1, 0.15) is 5.69 Å². The Morgan fingerprint density at radius 2 is 2.04 bits per heavy atom. The summed E-state index contributed by atoms with van der Waals surface area (Å²) in [5.41, 5.74) is 0.878. The van der Waals surface area contributed by atoms with Gasteiger partial charge in [-0.25, -0.2) is 13.5 Å². The van der Waals surface area contributed by atoms with Crippen LogP contribution in [0.15, 0.2) is 30.5 Å². The number of halogens is 2. The molecule has 0 bridgehead atoms. The molecule has 2 aliphatic rings. The fraction of sp³-hybridized carbons (Fsp3) is 0.500. The zero-order valence-corrected chi connectivity index (χ0v) is 15.7. The highest BCUT2D eigenvalue weighted by Gasteiger charge is 2.52. The number of carbonyl (C=O) groups is 1. The van der Waals surface area contributed by atoms with Crippen LogP contribution in [-0.4, -0.2) is 46.4 Å². The highest BCUT2D eigenvalue weighted by atomic mass is 19.3. The van der Waals surface area contributed by atoms with Crippen LogP contribution in [0.3, 0.4) is 0 Å². The average molecular weight is 375 g/mol. The average Bonchev–Trinajstić information content (AvgIpc) is 3.31. The number of hydrogen-bond donors (Lipinski definition) is 0. The Hall–Kier alpha value is -2.28. The summed E-state index contributed by atoms with van der Waals surface area (Å²) >= 11 is 0. The fourth-order valence-electron chi connectivity index (χ4n) is 4.37. The minimum Gasteiger partial charge on any atom is -0.379 e. The van der Waals surface area contributed by atoms with Gasteiger partial charge in [-0.2, -0.15) is 5.10 Å². The summed E-state index contributed by atoms with van der Waals surface area (Å²) in [6.45, 7) is 7.61. The van der Waals surface area contributed by atoms with Crippen molar-refractivity contribution >= 4 is 5.91 Å². The van der Waals surface area contributed by atoms with E-state index in [1.54, 1.807) is 17.0 Å². The van der Waals surface area contributed by atoms with Crippen molar-refractivity contribution in [1.29, 1.82) is 0 Å². The van der Waals surface area contributed by atoms with Gasteiger partial charge in [-0.1, -0.05) is 32.0 Å². The number of fused-ring (bicyclic) bond motifs is 1. The summed E-state index contributed by atoms with van der Waals surface area (Å²) < 4.78 is 34.7. The number of nitrogens with zero attached hydrogens (tertiary/aromatic N) is 3. The van der Waals surface area contributed by atoms with Crippen molar-refractivity contribution in [3.63, 3.8) is 0 Å². The summed E-state index contributed by atoms with van der Waals surface area (Å²) in [7, 11) is 0. The third kappa shape index (κ3) is 2.84. The Labute approximate surface area is 156 Å². The Morgan fingerprint density at radius 3 is 2.74 bits per heavy atom. The first-order valence-corrected chi connectivity index (χ1v) is 9.12. The van der Waals surface area contributed by atoms with Gasteiger partial charge >= 0.3 is 0 Å². The molecular weight excluding hydrogens is 352 g/mol. The van der Waals surface area contributed by atoms with Crippen LogP contribution >= 0.6 is 0 Å². The molecule has 27 heavy (non-hydrogen) atoms. The van der Waals surface area contributed by atoms with Gasteiger partial charge in [-0.3, -0.25) is 4.79 Å². The van der Waals surface area contributed by atoms with Crippen LogP contribution in [-0.2, 0) is 4.74 Å². The zero-order valence-electron chi connectivity index (χ0n) is 15.7. The lowest BCUT2D eigenvalue weighted by Gasteiger charge is -2.24. The van der Waals surface area contributed by atoms with Crippen LogP contribution in [0, 0.1) is 18.3 Å². The molecule has 2 aliphatic heterocycles. The van der Waals surface area contributed by atoms with E-state index in [4.69, 9.17) is 4.74 Å². The number of alkyl halides is 2. The topological polar surface area (TPSA) is 47.4 Å². The number of aromatic nitrogens is 2. The van der Waals surface area contributed by atoms with Crippen molar-refractivity contribution in [3.05, 3.63) is 47.3 Å². The van der Waals surface area contributed by atoms with E-state index in [-0.39, 0.29) is 28.6 Å². The Bertz CT molecular complexity index is 878. The van der Waals surface area contributed by atoms with Crippen molar-refractivity contribution in [3.8, 4) is 5.69 Å². The maximum atomic E-state index is 13.9. The highest BCUT2D eigenvalue weighted by molar-refractivity contribution is 5.96. The number of aryl methyl sites for hydroxylation is 1. The largest absolute Gasteiger partial charge is 0.379 e. The van der Waals surface area contributed by atoms with Crippen molar-refractivity contribution in [2.75, 3.05) is 19.8 Å². The number of likely N-dealkylation sites (tertiary alicyclic amines) is 1. The molecule has 7 heteroatoms. The normalized spacial score (nSPS) is 23.9. The number of rotatable bonds is 3. The van der Waals surface area contributed by atoms with Crippen molar-refractivity contribution in [1.82, 2.24) is 14.7 Å². The Morgan fingerprint density at radius 1 is 1.30 bits per heavy atom. The molecule has 0 saturated carbocycles. The second-order valence-electron chi connectivity index (χ2n) is 8.08. The minimum absolute atomic E-state index is 0.0309. The molecule has 2 fully saturated rings. The Kier molecular flexibility index (Phi) is 4.29. The van der Waals surface area contributed by atoms with Gasteiger partial charge in [0, 0.05) is 12.5 Å². The molecule has 0 radical (unpaired) electrons. The third-order valence-corrected chi connectivity index (χ3v) is 5.88. The van der Waals surface area contributed by atoms with E-state index in [9.17, 15) is 13.6 Å². The maximum Gasteiger partial charge on any atom is 0.281 e. The summed E-state index contributed by atoms with van der Waals surface area (Å²) in [6, 6.07) is 7.09. The van der Waals surface area contributed by atoms with Crippen molar-refractivity contribution < 1.29 is 18.3 Å². The fourth-order valence-corrected chi connectivity index (χ4v) is 4.37. The summed E-state index contributed by atoms with van der Waals surface area (Å²) in [5.74, 6) is -0.168. The second-order valence-corrected chi connectivity index (χ2v) is 8.08. The zero-order chi connectivity index (χ0) is 19.3. The lowest BCUT2D eigenvalue weighted by Crippen LogP contribution is -2.38. The van der Waals surface area contributed by atoms with E-state index < -0.39 is 12.3 Å². The van der Waals surface area contributed by atoms with E-state index in [1.807, 2.05) is 19.1 Å². The van der Waals surface area contributed by atoms with Gasteiger partial charge < -0.3 is 9.64 Å². The quantitative estimate of drug-likeness (QED) is 0.823. The first-order valence-electron chi connectivity index (χ1n) is 9.12. The van der Waals surface area contributed by atoms with Crippen LogP contribution in [0.4, 0.5) is 8.78 Å².